The predicted molar refractivity (Wildman–Crippen MR) is 69.3 cm³/mol. The highest BCUT2D eigenvalue weighted by molar-refractivity contribution is 5.46. The van der Waals surface area contributed by atoms with E-state index in [0.29, 0.717) is 6.04 Å². The smallest absolute Gasteiger partial charge is 0.114 e. The van der Waals surface area contributed by atoms with Crippen molar-refractivity contribution in [3.63, 3.8) is 0 Å². The lowest BCUT2D eigenvalue weighted by molar-refractivity contribution is 0.305. The van der Waals surface area contributed by atoms with Crippen molar-refractivity contribution in [1.82, 2.24) is 14.3 Å². The maximum absolute atomic E-state index is 4.57. The van der Waals surface area contributed by atoms with Crippen LogP contribution in [0.2, 0.25) is 0 Å². The monoisotopic (exact) mass is 229 g/mol. The average Bonchev–Trinajstić information content (AvgIpc) is 2.88. The summed E-state index contributed by atoms with van der Waals surface area (Å²) in [6, 6.07) is 4.95. The molecule has 0 amide bonds. The summed E-state index contributed by atoms with van der Waals surface area (Å²) in [6.07, 6.45) is 7.85. The third-order valence-electron chi connectivity index (χ3n) is 3.84. The van der Waals surface area contributed by atoms with Crippen LogP contribution in [0.15, 0.2) is 24.5 Å². The van der Waals surface area contributed by atoms with Gasteiger partial charge in [-0.05, 0) is 45.0 Å². The molecule has 1 aliphatic heterocycles. The molecular formula is C14H19N3. The fourth-order valence-corrected chi connectivity index (χ4v) is 2.75. The molecule has 1 fully saturated rings. The minimum absolute atomic E-state index is 0.668. The van der Waals surface area contributed by atoms with E-state index in [1.54, 1.807) is 0 Å². The van der Waals surface area contributed by atoms with Crippen molar-refractivity contribution < 1.29 is 0 Å². The van der Waals surface area contributed by atoms with Gasteiger partial charge in [0.15, 0.2) is 0 Å². The first-order chi connectivity index (χ1) is 8.24. The molecule has 3 nitrogen and oxygen atoms in total. The van der Waals surface area contributed by atoms with Crippen LogP contribution >= 0.6 is 0 Å². The van der Waals surface area contributed by atoms with Gasteiger partial charge >= 0.3 is 0 Å². The van der Waals surface area contributed by atoms with Crippen LogP contribution in [0.3, 0.4) is 0 Å². The van der Waals surface area contributed by atoms with Crippen LogP contribution < -0.4 is 0 Å². The average molecular weight is 229 g/mol. The molecule has 2 aromatic heterocycles. The highest BCUT2D eigenvalue weighted by Gasteiger charge is 2.22. The van der Waals surface area contributed by atoms with Crippen molar-refractivity contribution in [3.8, 4) is 0 Å². The molecule has 0 spiro atoms. The van der Waals surface area contributed by atoms with Gasteiger partial charge in [-0.25, -0.2) is 4.98 Å². The Morgan fingerprint density at radius 2 is 2.29 bits per heavy atom. The first kappa shape index (κ1) is 10.8. The molecule has 1 unspecified atom stereocenters. The van der Waals surface area contributed by atoms with E-state index in [1.807, 2.05) is 6.20 Å². The topological polar surface area (TPSA) is 20.5 Å². The van der Waals surface area contributed by atoms with Gasteiger partial charge < -0.3 is 9.30 Å². The Hall–Kier alpha value is -1.35. The Kier molecular flexibility index (Phi) is 2.63. The Morgan fingerprint density at radius 1 is 1.41 bits per heavy atom. The quantitative estimate of drug-likeness (QED) is 0.787. The second-order valence-corrected chi connectivity index (χ2v) is 5.16. The normalized spacial score (nSPS) is 21.4. The molecule has 3 heteroatoms. The molecule has 3 rings (SSSR count). The third kappa shape index (κ3) is 1.95. The minimum Gasteiger partial charge on any atom is -0.303 e. The summed E-state index contributed by atoms with van der Waals surface area (Å²) in [5, 5.41) is 0. The van der Waals surface area contributed by atoms with Crippen molar-refractivity contribution in [2.45, 2.75) is 32.2 Å². The van der Waals surface area contributed by atoms with E-state index in [1.165, 1.54) is 36.3 Å². The molecule has 0 saturated carbocycles. The maximum Gasteiger partial charge on any atom is 0.114 e. The molecule has 90 valence electrons. The van der Waals surface area contributed by atoms with E-state index in [2.05, 4.69) is 46.6 Å². The van der Waals surface area contributed by atoms with Crippen molar-refractivity contribution in [1.29, 1.82) is 0 Å². The summed E-state index contributed by atoms with van der Waals surface area (Å²) >= 11 is 0. The van der Waals surface area contributed by atoms with E-state index in [4.69, 9.17) is 0 Å². The molecule has 0 N–H and O–H groups in total. The molecule has 3 heterocycles. The van der Waals surface area contributed by atoms with E-state index >= 15 is 0 Å². The number of hydrogen-bond acceptors (Lipinski definition) is 2. The molecule has 17 heavy (non-hydrogen) atoms. The molecule has 0 aromatic carbocycles. The van der Waals surface area contributed by atoms with Gasteiger partial charge in [0.25, 0.3) is 0 Å². The van der Waals surface area contributed by atoms with Gasteiger partial charge in [-0.2, -0.15) is 0 Å². The minimum atomic E-state index is 0.668. The van der Waals surface area contributed by atoms with Crippen LogP contribution in [0.5, 0.6) is 0 Å². The van der Waals surface area contributed by atoms with Gasteiger partial charge in [0.1, 0.15) is 5.82 Å². The summed E-state index contributed by atoms with van der Waals surface area (Å²) in [5.74, 6) is 1.20. The second kappa shape index (κ2) is 4.15. The molecule has 0 radical (unpaired) electrons. The maximum atomic E-state index is 4.57. The molecule has 1 atom stereocenters. The highest BCUT2D eigenvalue weighted by Crippen LogP contribution is 2.19. The SMILES string of the molecule is Cc1ccc2cnc(CC3CCCN3C)n2c1. The summed E-state index contributed by atoms with van der Waals surface area (Å²) in [7, 11) is 2.22. The third-order valence-corrected chi connectivity index (χ3v) is 3.84. The summed E-state index contributed by atoms with van der Waals surface area (Å²) in [4.78, 5) is 7.03. The largest absolute Gasteiger partial charge is 0.303 e. The second-order valence-electron chi connectivity index (χ2n) is 5.16. The summed E-state index contributed by atoms with van der Waals surface area (Å²) < 4.78 is 2.24. The zero-order chi connectivity index (χ0) is 11.8. The fraction of sp³-hybridized carbons (Fsp3) is 0.500. The lowest BCUT2D eigenvalue weighted by Gasteiger charge is -2.18. The zero-order valence-corrected chi connectivity index (χ0v) is 10.6. The number of rotatable bonds is 2. The predicted octanol–water partition coefficient (Wildman–Crippen LogP) is 2.28. The number of nitrogens with zero attached hydrogens (tertiary/aromatic N) is 3. The van der Waals surface area contributed by atoms with Crippen molar-refractivity contribution >= 4 is 5.52 Å². The van der Waals surface area contributed by atoms with Crippen LogP contribution in [-0.2, 0) is 6.42 Å². The number of likely N-dealkylation sites (tertiary alicyclic amines) is 1. The number of hydrogen-bond donors (Lipinski definition) is 0. The Bertz CT molecular complexity index is 529. The van der Waals surface area contributed by atoms with Crippen LogP contribution in [0.25, 0.3) is 5.52 Å². The number of aromatic nitrogens is 2. The lowest BCUT2D eigenvalue weighted by Crippen LogP contribution is -2.27. The molecular weight excluding hydrogens is 210 g/mol. The van der Waals surface area contributed by atoms with Crippen LogP contribution in [0.4, 0.5) is 0 Å². The fourth-order valence-electron chi connectivity index (χ4n) is 2.75. The number of pyridine rings is 1. The van der Waals surface area contributed by atoms with Crippen molar-refractivity contribution in [2.24, 2.45) is 0 Å². The summed E-state index contributed by atoms with van der Waals surface area (Å²) in [6.45, 7) is 3.36. The number of likely N-dealkylation sites (N-methyl/N-ethyl adjacent to an activating group) is 1. The molecule has 1 aliphatic rings. The Labute approximate surface area is 102 Å². The summed E-state index contributed by atoms with van der Waals surface area (Å²) in [5.41, 5.74) is 2.49. The highest BCUT2D eigenvalue weighted by atomic mass is 15.2. The Balaban J connectivity index is 1.92. The van der Waals surface area contributed by atoms with E-state index in [9.17, 15) is 0 Å². The lowest BCUT2D eigenvalue weighted by atomic mass is 10.1. The van der Waals surface area contributed by atoms with Crippen LogP contribution in [0.1, 0.15) is 24.2 Å². The Morgan fingerprint density at radius 3 is 3.06 bits per heavy atom. The van der Waals surface area contributed by atoms with Gasteiger partial charge in [0, 0.05) is 18.7 Å². The first-order valence-electron chi connectivity index (χ1n) is 6.37. The standard InChI is InChI=1S/C14H19N3/c1-11-5-6-13-9-15-14(17(13)10-11)8-12-4-3-7-16(12)2/h5-6,9-10,12H,3-4,7-8H2,1-2H3. The van der Waals surface area contributed by atoms with Crippen LogP contribution in [0, 0.1) is 6.92 Å². The van der Waals surface area contributed by atoms with E-state index in [0.717, 1.165) is 6.42 Å². The van der Waals surface area contributed by atoms with Crippen LogP contribution in [-0.4, -0.2) is 33.9 Å². The molecule has 2 aromatic rings. The van der Waals surface area contributed by atoms with Gasteiger partial charge in [0.05, 0.1) is 11.7 Å². The van der Waals surface area contributed by atoms with E-state index in [-0.39, 0.29) is 0 Å². The molecule has 0 aliphatic carbocycles. The zero-order valence-electron chi connectivity index (χ0n) is 10.6. The number of aryl methyl sites for hydroxylation is 1. The van der Waals surface area contributed by atoms with Gasteiger partial charge in [-0.3, -0.25) is 0 Å². The van der Waals surface area contributed by atoms with Gasteiger partial charge in [-0.1, -0.05) is 6.07 Å². The van der Waals surface area contributed by atoms with Gasteiger partial charge in [-0.15, -0.1) is 0 Å². The molecule has 0 bridgehead atoms. The first-order valence-corrected chi connectivity index (χ1v) is 6.37. The van der Waals surface area contributed by atoms with Crippen molar-refractivity contribution in [3.05, 3.63) is 35.9 Å². The van der Waals surface area contributed by atoms with E-state index < -0.39 is 0 Å². The molecule has 1 saturated heterocycles. The van der Waals surface area contributed by atoms with Crippen molar-refractivity contribution in [2.75, 3.05) is 13.6 Å². The van der Waals surface area contributed by atoms with Gasteiger partial charge in [0.2, 0.25) is 0 Å². The number of fused-ring (bicyclic) bond motifs is 1. The number of imidazole rings is 1.